The smallest absolute Gasteiger partial charge is 0.0931 e. The van der Waals surface area contributed by atoms with Gasteiger partial charge in [0.25, 0.3) is 0 Å². The molecular weight excluding hydrogens is 204 g/mol. The van der Waals surface area contributed by atoms with E-state index in [4.69, 9.17) is 0 Å². The second kappa shape index (κ2) is 4.62. The highest BCUT2D eigenvalue weighted by molar-refractivity contribution is 7.09. The first-order valence-corrected chi connectivity index (χ1v) is 6.70. The minimum atomic E-state index is 0.613. The van der Waals surface area contributed by atoms with Gasteiger partial charge in [0.15, 0.2) is 0 Å². The predicted molar refractivity (Wildman–Crippen MR) is 65.3 cm³/mol. The molecule has 2 rings (SSSR count). The van der Waals surface area contributed by atoms with Gasteiger partial charge >= 0.3 is 0 Å². The highest BCUT2D eigenvalue weighted by Gasteiger charge is 2.25. The number of aromatic nitrogens is 1. The van der Waals surface area contributed by atoms with Crippen molar-refractivity contribution in [2.45, 2.75) is 52.1 Å². The first kappa shape index (κ1) is 11.1. The molecule has 0 aromatic carbocycles. The molecule has 2 unspecified atom stereocenters. The SMILES string of the molecule is Cc1csc(CC(C)C(C)NC2CC2)n1. The third kappa shape index (κ3) is 3.28. The second-order valence-corrected chi connectivity index (χ2v) is 5.74. The van der Waals surface area contributed by atoms with E-state index in [0.29, 0.717) is 12.0 Å². The minimum Gasteiger partial charge on any atom is -0.311 e. The van der Waals surface area contributed by atoms with Crippen molar-refractivity contribution in [2.24, 2.45) is 5.92 Å². The van der Waals surface area contributed by atoms with Gasteiger partial charge in [-0.2, -0.15) is 0 Å². The number of rotatable bonds is 5. The van der Waals surface area contributed by atoms with Crippen LogP contribution in [0.3, 0.4) is 0 Å². The van der Waals surface area contributed by atoms with Crippen LogP contribution in [0.2, 0.25) is 0 Å². The highest BCUT2D eigenvalue weighted by Crippen LogP contribution is 2.22. The van der Waals surface area contributed by atoms with E-state index in [1.54, 1.807) is 11.3 Å². The second-order valence-electron chi connectivity index (χ2n) is 4.79. The summed E-state index contributed by atoms with van der Waals surface area (Å²) in [6, 6.07) is 1.42. The van der Waals surface area contributed by atoms with Crippen molar-refractivity contribution in [1.29, 1.82) is 0 Å². The van der Waals surface area contributed by atoms with Crippen LogP contribution in [0.4, 0.5) is 0 Å². The van der Waals surface area contributed by atoms with Gasteiger partial charge in [-0.15, -0.1) is 11.3 Å². The average Bonchev–Trinajstić information content (AvgIpc) is 2.90. The van der Waals surface area contributed by atoms with Crippen LogP contribution in [0.15, 0.2) is 5.38 Å². The van der Waals surface area contributed by atoms with E-state index >= 15 is 0 Å². The monoisotopic (exact) mass is 224 g/mol. The third-order valence-electron chi connectivity index (χ3n) is 3.09. The summed E-state index contributed by atoms with van der Waals surface area (Å²) in [6.07, 6.45) is 3.85. The summed E-state index contributed by atoms with van der Waals surface area (Å²) < 4.78 is 0. The zero-order chi connectivity index (χ0) is 10.8. The summed E-state index contributed by atoms with van der Waals surface area (Å²) in [7, 11) is 0. The molecule has 0 saturated heterocycles. The minimum absolute atomic E-state index is 0.613. The van der Waals surface area contributed by atoms with Gasteiger partial charge in [-0.1, -0.05) is 6.92 Å². The molecule has 0 bridgehead atoms. The van der Waals surface area contributed by atoms with Gasteiger partial charge in [-0.25, -0.2) is 4.98 Å². The fourth-order valence-corrected chi connectivity index (χ4v) is 2.65. The molecule has 15 heavy (non-hydrogen) atoms. The summed E-state index contributed by atoms with van der Waals surface area (Å²) in [6.45, 7) is 6.68. The molecule has 1 fully saturated rings. The number of hydrogen-bond donors (Lipinski definition) is 1. The first-order valence-electron chi connectivity index (χ1n) is 5.82. The van der Waals surface area contributed by atoms with Gasteiger partial charge in [0.05, 0.1) is 5.01 Å². The number of nitrogens with zero attached hydrogens (tertiary/aromatic N) is 1. The molecule has 1 heterocycles. The van der Waals surface area contributed by atoms with Crippen LogP contribution in [0.1, 0.15) is 37.4 Å². The molecule has 2 atom stereocenters. The van der Waals surface area contributed by atoms with Crippen LogP contribution in [0.5, 0.6) is 0 Å². The van der Waals surface area contributed by atoms with Gasteiger partial charge in [0, 0.05) is 29.6 Å². The Balaban J connectivity index is 1.82. The van der Waals surface area contributed by atoms with Crippen molar-refractivity contribution < 1.29 is 0 Å². The van der Waals surface area contributed by atoms with Gasteiger partial charge in [-0.05, 0) is 32.6 Å². The van der Waals surface area contributed by atoms with E-state index in [2.05, 4.69) is 36.5 Å². The Bertz CT molecular complexity index is 317. The van der Waals surface area contributed by atoms with Crippen LogP contribution in [-0.4, -0.2) is 17.1 Å². The Morgan fingerprint density at radius 3 is 2.80 bits per heavy atom. The summed E-state index contributed by atoms with van der Waals surface area (Å²) in [5.74, 6) is 0.677. The molecule has 1 N–H and O–H groups in total. The standard InChI is InChI=1S/C12H20N2S/c1-8(10(3)14-11-4-5-11)6-12-13-9(2)7-15-12/h7-8,10-11,14H,4-6H2,1-3H3. The summed E-state index contributed by atoms with van der Waals surface area (Å²) in [5.41, 5.74) is 1.16. The molecule has 0 aliphatic heterocycles. The molecule has 84 valence electrons. The Morgan fingerprint density at radius 1 is 1.53 bits per heavy atom. The van der Waals surface area contributed by atoms with E-state index < -0.39 is 0 Å². The van der Waals surface area contributed by atoms with E-state index in [1.165, 1.54) is 17.8 Å². The number of hydrogen-bond acceptors (Lipinski definition) is 3. The van der Waals surface area contributed by atoms with Gasteiger partial charge in [0.1, 0.15) is 0 Å². The molecule has 2 nitrogen and oxygen atoms in total. The zero-order valence-corrected chi connectivity index (χ0v) is 10.6. The van der Waals surface area contributed by atoms with Gasteiger partial charge < -0.3 is 5.32 Å². The van der Waals surface area contributed by atoms with Crippen LogP contribution in [0.25, 0.3) is 0 Å². The Hall–Kier alpha value is -0.410. The summed E-state index contributed by atoms with van der Waals surface area (Å²) in [5, 5.41) is 7.08. The molecule has 1 saturated carbocycles. The number of aryl methyl sites for hydroxylation is 1. The first-order chi connectivity index (χ1) is 7.15. The highest BCUT2D eigenvalue weighted by atomic mass is 32.1. The van der Waals surface area contributed by atoms with E-state index in [1.807, 2.05) is 0 Å². The number of nitrogens with one attached hydrogen (secondary N) is 1. The van der Waals surface area contributed by atoms with Crippen LogP contribution in [0, 0.1) is 12.8 Å². The van der Waals surface area contributed by atoms with Gasteiger partial charge in [0.2, 0.25) is 0 Å². The quantitative estimate of drug-likeness (QED) is 0.832. The molecule has 1 aliphatic rings. The fraction of sp³-hybridized carbons (Fsp3) is 0.750. The maximum Gasteiger partial charge on any atom is 0.0931 e. The zero-order valence-electron chi connectivity index (χ0n) is 9.79. The maximum atomic E-state index is 4.52. The summed E-state index contributed by atoms with van der Waals surface area (Å²) >= 11 is 1.79. The molecule has 1 aromatic heterocycles. The maximum absolute atomic E-state index is 4.52. The lowest BCUT2D eigenvalue weighted by Crippen LogP contribution is -2.34. The molecule has 3 heteroatoms. The molecule has 1 aliphatic carbocycles. The van der Waals surface area contributed by atoms with E-state index in [9.17, 15) is 0 Å². The molecular formula is C12H20N2S. The van der Waals surface area contributed by atoms with Crippen LogP contribution >= 0.6 is 11.3 Å². The summed E-state index contributed by atoms with van der Waals surface area (Å²) in [4.78, 5) is 4.52. The molecule has 0 spiro atoms. The van der Waals surface area contributed by atoms with Crippen molar-refractivity contribution >= 4 is 11.3 Å². The Kier molecular flexibility index (Phi) is 3.42. The lowest BCUT2D eigenvalue weighted by molar-refractivity contribution is 0.395. The Morgan fingerprint density at radius 2 is 2.27 bits per heavy atom. The normalized spacial score (nSPS) is 20.2. The van der Waals surface area contributed by atoms with Crippen molar-refractivity contribution in [2.75, 3.05) is 0 Å². The van der Waals surface area contributed by atoms with Crippen molar-refractivity contribution in [3.63, 3.8) is 0 Å². The molecule has 1 aromatic rings. The lowest BCUT2D eigenvalue weighted by atomic mass is 10.0. The largest absolute Gasteiger partial charge is 0.311 e. The number of thiazole rings is 1. The lowest BCUT2D eigenvalue weighted by Gasteiger charge is -2.20. The van der Waals surface area contributed by atoms with Gasteiger partial charge in [-0.3, -0.25) is 0 Å². The van der Waals surface area contributed by atoms with E-state index in [0.717, 1.165) is 18.2 Å². The van der Waals surface area contributed by atoms with E-state index in [-0.39, 0.29) is 0 Å². The molecule has 0 radical (unpaired) electrons. The van der Waals surface area contributed by atoms with Crippen molar-refractivity contribution in [3.05, 3.63) is 16.1 Å². The topological polar surface area (TPSA) is 24.9 Å². The van der Waals surface area contributed by atoms with Crippen molar-refractivity contribution in [3.8, 4) is 0 Å². The third-order valence-corrected chi connectivity index (χ3v) is 4.08. The Labute approximate surface area is 96.1 Å². The van der Waals surface area contributed by atoms with Crippen LogP contribution in [-0.2, 0) is 6.42 Å². The fourth-order valence-electron chi connectivity index (χ4n) is 1.73. The average molecular weight is 224 g/mol. The predicted octanol–water partition coefficient (Wildman–Crippen LogP) is 2.77. The molecule has 0 amide bonds. The van der Waals surface area contributed by atoms with Crippen molar-refractivity contribution in [1.82, 2.24) is 10.3 Å². The van der Waals surface area contributed by atoms with Crippen LogP contribution < -0.4 is 5.32 Å².